The third-order valence-corrected chi connectivity index (χ3v) is 7.03. The average molecular weight is 464 g/mol. The molecule has 2 aliphatic heterocycles. The van der Waals surface area contributed by atoms with Crippen LogP contribution >= 0.6 is 11.3 Å². The first kappa shape index (κ1) is 21.5. The molecule has 1 saturated heterocycles. The van der Waals surface area contributed by atoms with E-state index in [1.807, 2.05) is 41.1 Å². The van der Waals surface area contributed by atoms with Gasteiger partial charge in [0.05, 0.1) is 30.5 Å². The first-order valence-corrected chi connectivity index (χ1v) is 11.8. The maximum Gasteiger partial charge on any atom is 0.263 e. The number of phenolic OH excluding ortho intramolecular Hbond substituents is 1. The molecule has 0 aliphatic carbocycles. The number of imide groups is 1. The number of fused-ring (bicyclic) bond motifs is 1. The molecule has 1 N–H and O–H groups in total. The quantitative estimate of drug-likeness (QED) is 0.564. The number of carbonyl (C=O) groups is 2. The maximum absolute atomic E-state index is 13.2. The minimum absolute atomic E-state index is 0.220. The molecule has 33 heavy (non-hydrogen) atoms. The normalized spacial score (nSPS) is 16.4. The standard InChI is InChI=1S/C25H25N3O4S/c1-32-19-6-5-18(22(29)13-19)15-26-8-10-27(11-9-26)21-4-2-3-20-23(21)25(31)28(24(20)30)14-17-7-12-33-16-17/h2-7,12-13,16,29H,8-11,14-15H2,1H3. The van der Waals surface area contributed by atoms with Gasteiger partial charge in [0.25, 0.3) is 11.8 Å². The first-order chi connectivity index (χ1) is 16.0. The van der Waals surface area contributed by atoms with Crippen molar-refractivity contribution in [1.82, 2.24) is 9.80 Å². The minimum atomic E-state index is -0.225. The number of methoxy groups -OCH3 is 1. The van der Waals surface area contributed by atoms with E-state index in [0.29, 0.717) is 30.0 Å². The van der Waals surface area contributed by atoms with Crippen LogP contribution in [0.2, 0.25) is 0 Å². The van der Waals surface area contributed by atoms with Crippen LogP contribution in [0.15, 0.2) is 53.2 Å². The first-order valence-electron chi connectivity index (χ1n) is 10.9. The predicted molar refractivity (Wildman–Crippen MR) is 127 cm³/mol. The fourth-order valence-electron chi connectivity index (χ4n) is 4.48. The number of rotatable bonds is 6. The van der Waals surface area contributed by atoms with E-state index in [4.69, 9.17) is 4.74 Å². The molecule has 0 saturated carbocycles. The number of anilines is 1. The van der Waals surface area contributed by atoms with Crippen molar-refractivity contribution < 1.29 is 19.4 Å². The fraction of sp³-hybridized carbons (Fsp3) is 0.280. The Bertz CT molecular complexity index is 1190. The van der Waals surface area contributed by atoms with Crippen molar-refractivity contribution in [2.45, 2.75) is 13.1 Å². The predicted octanol–water partition coefficient (Wildman–Crippen LogP) is 3.58. The Morgan fingerprint density at radius 2 is 1.82 bits per heavy atom. The van der Waals surface area contributed by atoms with Crippen molar-refractivity contribution in [2.24, 2.45) is 0 Å². The van der Waals surface area contributed by atoms with Crippen LogP contribution in [0.5, 0.6) is 11.5 Å². The van der Waals surface area contributed by atoms with E-state index in [1.54, 1.807) is 30.6 Å². The summed E-state index contributed by atoms with van der Waals surface area (Å²) < 4.78 is 5.16. The number of piperazine rings is 1. The topological polar surface area (TPSA) is 73.3 Å². The monoisotopic (exact) mass is 463 g/mol. The lowest BCUT2D eigenvalue weighted by molar-refractivity contribution is 0.0642. The lowest BCUT2D eigenvalue weighted by atomic mass is 10.1. The Labute approximate surface area is 196 Å². The molecule has 2 aromatic carbocycles. The number of aromatic hydroxyl groups is 1. The van der Waals surface area contributed by atoms with Crippen molar-refractivity contribution in [3.63, 3.8) is 0 Å². The van der Waals surface area contributed by atoms with E-state index in [0.717, 1.165) is 43.0 Å². The molecule has 2 amide bonds. The van der Waals surface area contributed by atoms with Gasteiger partial charge < -0.3 is 14.7 Å². The Kier molecular flexibility index (Phi) is 5.78. The summed E-state index contributed by atoms with van der Waals surface area (Å²) in [6, 6.07) is 12.8. The van der Waals surface area contributed by atoms with Gasteiger partial charge >= 0.3 is 0 Å². The van der Waals surface area contributed by atoms with Crippen molar-refractivity contribution in [2.75, 3.05) is 38.2 Å². The molecular formula is C25H25N3O4S. The van der Waals surface area contributed by atoms with E-state index in [-0.39, 0.29) is 17.6 Å². The highest BCUT2D eigenvalue weighted by Gasteiger charge is 2.38. The highest BCUT2D eigenvalue weighted by Crippen LogP contribution is 2.33. The molecule has 7 nitrogen and oxygen atoms in total. The molecular weight excluding hydrogens is 438 g/mol. The van der Waals surface area contributed by atoms with Gasteiger partial charge in [0.1, 0.15) is 11.5 Å². The molecule has 0 bridgehead atoms. The summed E-state index contributed by atoms with van der Waals surface area (Å²) in [5, 5.41) is 14.2. The number of carbonyl (C=O) groups excluding carboxylic acids is 2. The summed E-state index contributed by atoms with van der Waals surface area (Å²) >= 11 is 1.55. The summed E-state index contributed by atoms with van der Waals surface area (Å²) in [5.74, 6) is 0.415. The summed E-state index contributed by atoms with van der Waals surface area (Å²) in [4.78, 5) is 32.0. The fourth-order valence-corrected chi connectivity index (χ4v) is 5.14. The molecule has 5 rings (SSSR count). The van der Waals surface area contributed by atoms with Gasteiger partial charge in [-0.1, -0.05) is 12.1 Å². The lowest BCUT2D eigenvalue weighted by Gasteiger charge is -2.36. The SMILES string of the molecule is COc1ccc(CN2CCN(c3cccc4c3C(=O)N(Cc3ccsc3)C4=O)CC2)c(O)c1. The molecule has 2 aliphatic rings. The van der Waals surface area contributed by atoms with Crippen molar-refractivity contribution in [3.8, 4) is 11.5 Å². The highest BCUT2D eigenvalue weighted by molar-refractivity contribution is 7.07. The number of ether oxygens (including phenoxy) is 1. The van der Waals surface area contributed by atoms with Gasteiger partial charge in [-0.05, 0) is 40.6 Å². The number of benzene rings is 2. The second-order valence-corrected chi connectivity index (χ2v) is 9.07. The maximum atomic E-state index is 13.2. The molecule has 170 valence electrons. The molecule has 1 fully saturated rings. The summed E-state index contributed by atoms with van der Waals surface area (Å²) in [7, 11) is 1.58. The van der Waals surface area contributed by atoms with Gasteiger partial charge in [0.15, 0.2) is 0 Å². The van der Waals surface area contributed by atoms with Crippen molar-refractivity contribution in [1.29, 1.82) is 0 Å². The molecule has 0 radical (unpaired) electrons. The van der Waals surface area contributed by atoms with Crippen LogP contribution in [-0.4, -0.2) is 60.0 Å². The van der Waals surface area contributed by atoms with Crippen molar-refractivity contribution in [3.05, 3.63) is 75.5 Å². The molecule has 0 atom stereocenters. The minimum Gasteiger partial charge on any atom is -0.507 e. The molecule has 0 spiro atoms. The smallest absolute Gasteiger partial charge is 0.263 e. The summed E-state index contributed by atoms with van der Waals surface area (Å²) in [5.41, 5.74) is 3.64. The molecule has 0 unspecified atom stereocenters. The van der Waals surface area contributed by atoms with Crippen LogP contribution in [-0.2, 0) is 13.1 Å². The summed E-state index contributed by atoms with van der Waals surface area (Å²) in [6.07, 6.45) is 0. The molecule has 3 aromatic rings. The zero-order valence-corrected chi connectivity index (χ0v) is 19.2. The molecule has 1 aromatic heterocycles. The van der Waals surface area contributed by atoms with Crippen molar-refractivity contribution >= 4 is 28.8 Å². The number of hydrogen-bond acceptors (Lipinski definition) is 7. The van der Waals surface area contributed by atoms with E-state index < -0.39 is 0 Å². The number of phenols is 1. The van der Waals surface area contributed by atoms with E-state index in [9.17, 15) is 14.7 Å². The van der Waals surface area contributed by atoms with E-state index in [1.165, 1.54) is 4.90 Å². The van der Waals surface area contributed by atoms with Gasteiger partial charge in [-0.25, -0.2) is 0 Å². The Balaban J connectivity index is 1.29. The van der Waals surface area contributed by atoms with Crippen LogP contribution < -0.4 is 9.64 Å². The van der Waals surface area contributed by atoms with Crippen LogP contribution in [0.25, 0.3) is 0 Å². The van der Waals surface area contributed by atoms with Crippen LogP contribution in [0.4, 0.5) is 5.69 Å². The Morgan fingerprint density at radius 3 is 2.52 bits per heavy atom. The lowest BCUT2D eigenvalue weighted by Crippen LogP contribution is -2.46. The number of amides is 2. The van der Waals surface area contributed by atoms with E-state index in [2.05, 4.69) is 9.80 Å². The van der Waals surface area contributed by atoms with Crippen LogP contribution in [0.3, 0.4) is 0 Å². The average Bonchev–Trinajstić information content (AvgIpc) is 3.44. The van der Waals surface area contributed by atoms with Crippen LogP contribution in [0.1, 0.15) is 31.8 Å². The van der Waals surface area contributed by atoms with Crippen LogP contribution in [0, 0.1) is 0 Å². The number of hydrogen-bond donors (Lipinski definition) is 1. The molecule has 8 heteroatoms. The van der Waals surface area contributed by atoms with Gasteiger partial charge in [0.2, 0.25) is 0 Å². The molecule has 3 heterocycles. The number of thiophene rings is 1. The zero-order chi connectivity index (χ0) is 22.9. The third kappa shape index (κ3) is 4.07. The third-order valence-electron chi connectivity index (χ3n) is 6.30. The van der Waals surface area contributed by atoms with Gasteiger partial charge in [-0.3, -0.25) is 19.4 Å². The van der Waals surface area contributed by atoms with Gasteiger partial charge in [-0.15, -0.1) is 0 Å². The number of nitrogens with zero attached hydrogens (tertiary/aromatic N) is 3. The highest BCUT2D eigenvalue weighted by atomic mass is 32.1. The Morgan fingerprint density at radius 1 is 1.00 bits per heavy atom. The van der Waals surface area contributed by atoms with Gasteiger partial charge in [0, 0.05) is 44.4 Å². The zero-order valence-electron chi connectivity index (χ0n) is 18.4. The van der Waals surface area contributed by atoms with Gasteiger partial charge in [-0.2, -0.15) is 11.3 Å². The second-order valence-electron chi connectivity index (χ2n) is 8.29. The Hall–Kier alpha value is -3.36. The second kappa shape index (κ2) is 8.88. The van der Waals surface area contributed by atoms with E-state index >= 15 is 0 Å². The summed E-state index contributed by atoms with van der Waals surface area (Å²) in [6.45, 7) is 3.99. The largest absolute Gasteiger partial charge is 0.507 e.